The summed E-state index contributed by atoms with van der Waals surface area (Å²) in [4.78, 5) is 23.4. The standard InChI is InChI=1S/C29H44N5O5P/c1-8-12-27(34-19-17-32(6)18-20-34)16-15-24(4)33(7)23-30-25(5)39-28-14-11-13-26(21-28)31-29(35)22-40(36,37-9-2)38-10-3/h8,11-16,21,23-24H,1,5,9-10,17-20,22H2,2-4,6-7H3,(H,31,35)/b16-15-,27-12+,30-23-. The van der Waals surface area contributed by atoms with E-state index in [2.05, 4.69) is 59.4 Å². The van der Waals surface area contributed by atoms with Crippen molar-refractivity contribution in [2.45, 2.75) is 26.8 Å². The highest BCUT2D eigenvalue weighted by atomic mass is 31.2. The first-order valence-corrected chi connectivity index (χ1v) is 15.2. The van der Waals surface area contributed by atoms with Gasteiger partial charge in [-0.25, -0.2) is 4.99 Å². The van der Waals surface area contributed by atoms with Crippen LogP contribution >= 0.6 is 7.60 Å². The molecule has 220 valence electrons. The van der Waals surface area contributed by atoms with Gasteiger partial charge in [-0.05, 0) is 58.7 Å². The third kappa shape index (κ3) is 11.5. The number of nitrogens with one attached hydrogen (secondary N) is 1. The average molecular weight is 574 g/mol. The molecular formula is C29H44N5O5P. The minimum atomic E-state index is -3.50. The lowest BCUT2D eigenvalue weighted by molar-refractivity contribution is -0.114. The van der Waals surface area contributed by atoms with Gasteiger partial charge in [-0.2, -0.15) is 0 Å². The molecule has 0 saturated carbocycles. The highest BCUT2D eigenvalue weighted by Gasteiger charge is 2.27. The molecule has 40 heavy (non-hydrogen) atoms. The van der Waals surface area contributed by atoms with Gasteiger partial charge in [0.1, 0.15) is 11.9 Å². The van der Waals surface area contributed by atoms with Crippen LogP contribution in [0, 0.1) is 0 Å². The van der Waals surface area contributed by atoms with E-state index < -0.39 is 13.5 Å². The largest absolute Gasteiger partial charge is 0.440 e. The highest BCUT2D eigenvalue weighted by molar-refractivity contribution is 7.54. The summed E-state index contributed by atoms with van der Waals surface area (Å²) in [5, 5.41) is 2.70. The van der Waals surface area contributed by atoms with Crippen LogP contribution in [0.1, 0.15) is 20.8 Å². The van der Waals surface area contributed by atoms with Crippen molar-refractivity contribution in [1.29, 1.82) is 0 Å². The Labute approximate surface area is 239 Å². The van der Waals surface area contributed by atoms with Crippen molar-refractivity contribution in [3.05, 3.63) is 73.3 Å². The van der Waals surface area contributed by atoms with E-state index in [-0.39, 0.29) is 31.3 Å². The second-order valence-corrected chi connectivity index (χ2v) is 11.4. The first kappa shape index (κ1) is 33.0. The Morgan fingerprint density at radius 1 is 1.23 bits per heavy atom. The van der Waals surface area contributed by atoms with Gasteiger partial charge in [0.05, 0.1) is 19.6 Å². The Morgan fingerprint density at radius 3 is 2.52 bits per heavy atom. The topological polar surface area (TPSA) is 95.9 Å². The van der Waals surface area contributed by atoms with Gasteiger partial charge in [0.15, 0.2) is 0 Å². The van der Waals surface area contributed by atoms with E-state index >= 15 is 0 Å². The number of rotatable bonds is 16. The zero-order chi connectivity index (χ0) is 29.5. The Balaban J connectivity index is 1.92. The summed E-state index contributed by atoms with van der Waals surface area (Å²) >= 11 is 0. The zero-order valence-electron chi connectivity index (χ0n) is 24.4. The molecule has 1 fully saturated rings. The van der Waals surface area contributed by atoms with Gasteiger partial charge >= 0.3 is 7.60 Å². The smallest absolute Gasteiger partial charge is 0.340 e. The van der Waals surface area contributed by atoms with E-state index in [0.717, 1.165) is 31.9 Å². The molecule has 11 heteroatoms. The molecule has 1 atom stereocenters. The number of aliphatic imine (C=N–C) groups is 1. The van der Waals surface area contributed by atoms with Crippen LogP contribution in [-0.2, 0) is 18.4 Å². The lowest BCUT2D eigenvalue weighted by Crippen LogP contribution is -2.43. The van der Waals surface area contributed by atoms with Crippen LogP contribution in [0.4, 0.5) is 5.69 Å². The minimum absolute atomic E-state index is 0.0696. The van der Waals surface area contributed by atoms with Crippen molar-refractivity contribution in [1.82, 2.24) is 14.7 Å². The van der Waals surface area contributed by atoms with Crippen LogP contribution < -0.4 is 10.1 Å². The highest BCUT2D eigenvalue weighted by Crippen LogP contribution is 2.47. The normalized spacial score (nSPS) is 15.8. The molecule has 10 nitrogen and oxygen atoms in total. The molecule has 1 saturated heterocycles. The number of nitrogens with zero attached hydrogens (tertiary/aromatic N) is 4. The molecule has 1 aliphatic rings. The third-order valence-corrected chi connectivity index (χ3v) is 8.05. The Bertz CT molecular complexity index is 1120. The zero-order valence-corrected chi connectivity index (χ0v) is 25.3. The van der Waals surface area contributed by atoms with Crippen molar-refractivity contribution in [3.8, 4) is 5.75 Å². The average Bonchev–Trinajstić information content (AvgIpc) is 2.90. The van der Waals surface area contributed by atoms with Crippen LogP contribution in [-0.4, -0.2) is 92.6 Å². The molecular weight excluding hydrogens is 529 g/mol. The van der Waals surface area contributed by atoms with E-state index in [1.807, 2.05) is 24.1 Å². The maximum Gasteiger partial charge on any atom is 0.340 e. The monoisotopic (exact) mass is 573 g/mol. The number of carbonyl (C=O) groups excluding carboxylic acids is 1. The predicted octanol–water partition coefficient (Wildman–Crippen LogP) is 4.96. The molecule has 0 spiro atoms. The van der Waals surface area contributed by atoms with Crippen molar-refractivity contribution in [3.63, 3.8) is 0 Å². The van der Waals surface area contributed by atoms with Gasteiger partial charge in [-0.3, -0.25) is 9.36 Å². The molecule has 1 amide bonds. The van der Waals surface area contributed by atoms with E-state index in [9.17, 15) is 9.36 Å². The van der Waals surface area contributed by atoms with E-state index in [1.54, 1.807) is 44.5 Å². The number of carbonyl (C=O) groups is 1. The molecule has 1 aromatic carbocycles. The number of likely N-dealkylation sites (N-methyl/N-ethyl adjacent to an activating group) is 2. The van der Waals surface area contributed by atoms with Crippen molar-refractivity contribution in [2.24, 2.45) is 4.99 Å². The second-order valence-electron chi connectivity index (χ2n) is 9.30. The van der Waals surface area contributed by atoms with Crippen molar-refractivity contribution >= 4 is 25.5 Å². The number of piperazine rings is 1. The van der Waals surface area contributed by atoms with Gasteiger partial charge in [-0.15, -0.1) is 0 Å². The Morgan fingerprint density at radius 2 is 1.90 bits per heavy atom. The van der Waals surface area contributed by atoms with E-state index in [0.29, 0.717) is 11.4 Å². The molecule has 1 aromatic rings. The van der Waals surface area contributed by atoms with Gasteiger partial charge in [0.2, 0.25) is 11.8 Å². The molecule has 0 bridgehead atoms. The van der Waals surface area contributed by atoms with Crippen LogP contribution in [0.25, 0.3) is 0 Å². The summed E-state index contributed by atoms with van der Waals surface area (Å²) in [5.41, 5.74) is 1.61. The van der Waals surface area contributed by atoms with Crippen LogP contribution in [0.3, 0.4) is 0 Å². The van der Waals surface area contributed by atoms with E-state index in [4.69, 9.17) is 13.8 Å². The number of anilines is 1. The lowest BCUT2D eigenvalue weighted by Gasteiger charge is -2.34. The summed E-state index contributed by atoms with van der Waals surface area (Å²) in [7, 11) is 0.573. The maximum atomic E-state index is 12.6. The van der Waals surface area contributed by atoms with Crippen molar-refractivity contribution in [2.75, 3.05) is 65.0 Å². The molecule has 1 unspecified atom stereocenters. The first-order valence-electron chi connectivity index (χ1n) is 13.4. The molecule has 1 aliphatic heterocycles. The van der Waals surface area contributed by atoms with Gasteiger partial charge < -0.3 is 33.8 Å². The fraction of sp³-hybridized carbons (Fsp3) is 0.448. The van der Waals surface area contributed by atoms with Gasteiger partial charge in [-0.1, -0.05) is 24.8 Å². The molecule has 1 heterocycles. The molecule has 2 rings (SSSR count). The minimum Gasteiger partial charge on any atom is -0.440 e. The summed E-state index contributed by atoms with van der Waals surface area (Å²) in [5.74, 6) is 0.148. The lowest BCUT2D eigenvalue weighted by atomic mass is 10.2. The van der Waals surface area contributed by atoms with Crippen LogP contribution in [0.15, 0.2) is 78.3 Å². The molecule has 0 radical (unpaired) electrons. The number of hydrogen-bond donors (Lipinski definition) is 1. The number of hydrogen-bond acceptors (Lipinski definition) is 8. The van der Waals surface area contributed by atoms with Crippen molar-refractivity contribution < 1.29 is 23.1 Å². The maximum absolute atomic E-state index is 12.6. The summed E-state index contributed by atoms with van der Waals surface area (Å²) in [6.45, 7) is 17.6. The number of allylic oxidation sites excluding steroid dienone is 3. The summed E-state index contributed by atoms with van der Waals surface area (Å²) in [6.07, 6.45) is 9.37. The Hall–Kier alpha value is -3.17. The van der Waals surface area contributed by atoms with Gasteiger partial charge in [0, 0.05) is 56.7 Å². The Kier molecular flexibility index (Phi) is 13.9. The fourth-order valence-corrected chi connectivity index (χ4v) is 5.26. The van der Waals surface area contributed by atoms with Crippen LogP contribution in [0.5, 0.6) is 5.75 Å². The van der Waals surface area contributed by atoms with E-state index in [1.165, 1.54) is 0 Å². The number of ether oxygens (including phenoxy) is 1. The number of benzene rings is 1. The summed E-state index contributed by atoms with van der Waals surface area (Å²) in [6, 6.07) is 6.84. The molecule has 0 aromatic heterocycles. The predicted molar refractivity (Wildman–Crippen MR) is 163 cm³/mol. The number of amides is 1. The fourth-order valence-electron chi connectivity index (χ4n) is 3.78. The second kappa shape index (κ2) is 16.8. The first-order chi connectivity index (χ1) is 19.1. The SMILES string of the molecule is C=C/C=C(\C=C/C(C)N(C)/C=N\C(=C)Oc1cccc(NC(=O)CP(=O)(OCC)OCC)c1)N1CCN(C)CC1. The molecule has 1 N–H and O–H groups in total. The third-order valence-electron chi connectivity index (χ3n) is 6.07. The molecule has 0 aliphatic carbocycles. The summed E-state index contributed by atoms with van der Waals surface area (Å²) < 4.78 is 28.7. The van der Waals surface area contributed by atoms with Gasteiger partial charge in [0.25, 0.3) is 0 Å². The van der Waals surface area contributed by atoms with Crippen LogP contribution in [0.2, 0.25) is 0 Å². The quantitative estimate of drug-likeness (QED) is 0.0975.